The van der Waals surface area contributed by atoms with E-state index in [1.807, 2.05) is 0 Å². The van der Waals surface area contributed by atoms with Crippen molar-refractivity contribution in [3.8, 4) is 0 Å². The molecule has 4 heteroatoms. The first-order chi connectivity index (χ1) is 6.16. The number of amides is 1. The Hall–Kier alpha value is -1.84. The Morgan fingerprint density at radius 2 is 2.31 bits per heavy atom. The lowest BCUT2D eigenvalue weighted by Crippen LogP contribution is -2.10. The van der Waals surface area contributed by atoms with Gasteiger partial charge in [0.05, 0.1) is 0 Å². The van der Waals surface area contributed by atoms with Crippen molar-refractivity contribution in [2.75, 3.05) is 0 Å². The predicted octanol–water partition coefficient (Wildman–Crippen LogP) is 1.24. The molecule has 66 valence electrons. The zero-order valence-electron chi connectivity index (χ0n) is 7.07. The van der Waals surface area contributed by atoms with Gasteiger partial charge in [0, 0.05) is 12.5 Å². The van der Waals surface area contributed by atoms with Crippen molar-refractivity contribution in [1.82, 2.24) is 4.98 Å². The number of oxazole rings is 1. The Kier molecular flexibility index (Phi) is 1.55. The molecule has 1 amide bonds. The molecular weight excluding hydrogens is 168 g/mol. The number of hydrogen-bond acceptors (Lipinski definition) is 3. The normalized spacial score (nSPS) is 10.5. The number of fused-ring (bicyclic) bond motifs is 1. The van der Waals surface area contributed by atoms with Crippen LogP contribution in [0.5, 0.6) is 0 Å². The minimum Gasteiger partial charge on any atom is -0.441 e. The molecule has 0 saturated carbocycles. The number of rotatable bonds is 1. The molecule has 0 radical (unpaired) electrons. The molecule has 1 aromatic heterocycles. The second-order valence-corrected chi connectivity index (χ2v) is 2.78. The maximum atomic E-state index is 10.8. The number of hydrogen-bond donors (Lipinski definition) is 1. The van der Waals surface area contributed by atoms with Crippen molar-refractivity contribution in [1.29, 1.82) is 0 Å². The summed E-state index contributed by atoms with van der Waals surface area (Å²) in [6, 6.07) is 4.94. The van der Waals surface area contributed by atoms with E-state index in [2.05, 4.69) is 4.98 Å². The van der Waals surface area contributed by atoms with Gasteiger partial charge in [-0.1, -0.05) is 0 Å². The molecule has 13 heavy (non-hydrogen) atoms. The summed E-state index contributed by atoms with van der Waals surface area (Å²) in [5.74, 6) is 0.118. The van der Waals surface area contributed by atoms with E-state index in [0.717, 1.165) is 5.52 Å². The first-order valence-corrected chi connectivity index (χ1v) is 3.84. The third kappa shape index (κ3) is 1.26. The second kappa shape index (κ2) is 2.58. The summed E-state index contributed by atoms with van der Waals surface area (Å²) in [5, 5.41) is 0. The molecule has 0 atom stereocenters. The SMILES string of the molecule is Cc1nc2ccc(C(N)=O)cc2o1. The van der Waals surface area contributed by atoms with Gasteiger partial charge in [-0.05, 0) is 18.2 Å². The van der Waals surface area contributed by atoms with Crippen LogP contribution in [0, 0.1) is 6.92 Å². The quantitative estimate of drug-likeness (QED) is 0.710. The van der Waals surface area contributed by atoms with E-state index in [-0.39, 0.29) is 0 Å². The maximum absolute atomic E-state index is 10.8. The fraction of sp³-hybridized carbons (Fsp3) is 0.111. The van der Waals surface area contributed by atoms with Crippen LogP contribution < -0.4 is 5.73 Å². The number of nitrogens with two attached hydrogens (primary N) is 1. The van der Waals surface area contributed by atoms with Crippen molar-refractivity contribution in [2.45, 2.75) is 6.92 Å². The first-order valence-electron chi connectivity index (χ1n) is 3.84. The highest BCUT2D eigenvalue weighted by Gasteiger charge is 2.05. The summed E-state index contributed by atoms with van der Waals surface area (Å²) in [5.41, 5.74) is 6.87. The van der Waals surface area contributed by atoms with Gasteiger partial charge in [-0.3, -0.25) is 4.79 Å². The van der Waals surface area contributed by atoms with Gasteiger partial charge in [-0.15, -0.1) is 0 Å². The van der Waals surface area contributed by atoms with Crippen LogP contribution in [0.3, 0.4) is 0 Å². The highest BCUT2D eigenvalue weighted by molar-refractivity contribution is 5.95. The number of carbonyl (C=O) groups is 1. The predicted molar refractivity (Wildman–Crippen MR) is 47.3 cm³/mol. The second-order valence-electron chi connectivity index (χ2n) is 2.78. The lowest BCUT2D eigenvalue weighted by atomic mass is 10.2. The molecule has 1 heterocycles. The third-order valence-electron chi connectivity index (χ3n) is 1.78. The fourth-order valence-electron chi connectivity index (χ4n) is 1.19. The molecule has 0 bridgehead atoms. The number of carbonyl (C=O) groups excluding carboxylic acids is 1. The van der Waals surface area contributed by atoms with E-state index in [0.29, 0.717) is 17.0 Å². The van der Waals surface area contributed by atoms with Crippen LogP contribution in [0.25, 0.3) is 11.1 Å². The lowest BCUT2D eigenvalue weighted by molar-refractivity contribution is 0.100. The number of primary amides is 1. The lowest BCUT2D eigenvalue weighted by Gasteiger charge is -1.92. The van der Waals surface area contributed by atoms with Crippen molar-refractivity contribution >= 4 is 17.0 Å². The molecule has 0 fully saturated rings. The summed E-state index contributed by atoms with van der Waals surface area (Å²) in [6.07, 6.45) is 0. The van der Waals surface area contributed by atoms with Gasteiger partial charge < -0.3 is 10.2 Å². The van der Waals surface area contributed by atoms with Crippen molar-refractivity contribution in [2.24, 2.45) is 5.73 Å². The molecule has 1 aromatic carbocycles. The summed E-state index contributed by atoms with van der Waals surface area (Å²) in [6.45, 7) is 1.75. The monoisotopic (exact) mass is 176 g/mol. The molecule has 0 aliphatic carbocycles. The number of nitrogens with zero attached hydrogens (tertiary/aromatic N) is 1. The van der Waals surface area contributed by atoms with E-state index < -0.39 is 5.91 Å². The average molecular weight is 176 g/mol. The molecule has 0 saturated heterocycles. The average Bonchev–Trinajstić information content (AvgIpc) is 2.42. The van der Waals surface area contributed by atoms with E-state index in [9.17, 15) is 4.79 Å². The highest BCUT2D eigenvalue weighted by Crippen LogP contribution is 2.16. The molecule has 0 unspecified atom stereocenters. The van der Waals surface area contributed by atoms with Crippen molar-refractivity contribution in [3.05, 3.63) is 29.7 Å². The highest BCUT2D eigenvalue weighted by atomic mass is 16.3. The van der Waals surface area contributed by atoms with Crippen molar-refractivity contribution < 1.29 is 9.21 Å². The molecule has 0 spiro atoms. The van der Waals surface area contributed by atoms with E-state index in [1.165, 1.54) is 0 Å². The molecular formula is C9H8N2O2. The molecule has 2 rings (SSSR count). The Morgan fingerprint density at radius 3 is 3.00 bits per heavy atom. The van der Waals surface area contributed by atoms with Gasteiger partial charge in [0.2, 0.25) is 5.91 Å². The minimum absolute atomic E-state index is 0.434. The minimum atomic E-state index is -0.462. The fourth-order valence-corrected chi connectivity index (χ4v) is 1.19. The Morgan fingerprint density at radius 1 is 1.54 bits per heavy atom. The molecule has 2 aromatic rings. The van der Waals surface area contributed by atoms with Gasteiger partial charge in [0.1, 0.15) is 5.52 Å². The standard InChI is InChI=1S/C9H8N2O2/c1-5-11-7-3-2-6(9(10)12)4-8(7)13-5/h2-4H,1H3,(H2,10,12). The van der Waals surface area contributed by atoms with Gasteiger partial charge in [-0.2, -0.15) is 0 Å². The molecule has 0 aliphatic rings. The summed E-state index contributed by atoms with van der Waals surface area (Å²) < 4.78 is 5.24. The van der Waals surface area contributed by atoms with Crippen molar-refractivity contribution in [3.63, 3.8) is 0 Å². The Bertz CT molecular complexity index is 473. The molecule has 2 N–H and O–H groups in total. The van der Waals surface area contributed by atoms with Crippen LogP contribution in [0.2, 0.25) is 0 Å². The smallest absolute Gasteiger partial charge is 0.248 e. The topological polar surface area (TPSA) is 69.1 Å². The Labute approximate surface area is 74.4 Å². The van der Waals surface area contributed by atoms with Crippen LogP contribution in [-0.2, 0) is 0 Å². The van der Waals surface area contributed by atoms with Gasteiger partial charge >= 0.3 is 0 Å². The van der Waals surface area contributed by atoms with Crippen LogP contribution in [0.4, 0.5) is 0 Å². The summed E-state index contributed by atoms with van der Waals surface area (Å²) >= 11 is 0. The summed E-state index contributed by atoms with van der Waals surface area (Å²) in [4.78, 5) is 14.9. The third-order valence-corrected chi connectivity index (χ3v) is 1.78. The van der Waals surface area contributed by atoms with Crippen LogP contribution in [-0.4, -0.2) is 10.9 Å². The van der Waals surface area contributed by atoms with Gasteiger partial charge in [-0.25, -0.2) is 4.98 Å². The largest absolute Gasteiger partial charge is 0.441 e. The Balaban J connectivity index is 2.67. The number of benzene rings is 1. The first kappa shape index (κ1) is 7.79. The van der Waals surface area contributed by atoms with E-state index >= 15 is 0 Å². The summed E-state index contributed by atoms with van der Waals surface area (Å²) in [7, 11) is 0. The van der Waals surface area contributed by atoms with E-state index in [1.54, 1.807) is 25.1 Å². The zero-order valence-corrected chi connectivity index (χ0v) is 7.07. The zero-order chi connectivity index (χ0) is 9.42. The van der Waals surface area contributed by atoms with Gasteiger partial charge in [0.15, 0.2) is 11.5 Å². The van der Waals surface area contributed by atoms with Gasteiger partial charge in [0.25, 0.3) is 0 Å². The van der Waals surface area contributed by atoms with E-state index in [4.69, 9.17) is 10.2 Å². The van der Waals surface area contributed by atoms with Crippen LogP contribution in [0.15, 0.2) is 22.6 Å². The number of aryl methyl sites for hydroxylation is 1. The molecule has 0 aliphatic heterocycles. The molecule has 4 nitrogen and oxygen atoms in total. The number of aromatic nitrogens is 1. The van der Waals surface area contributed by atoms with Crippen LogP contribution >= 0.6 is 0 Å². The van der Waals surface area contributed by atoms with Crippen LogP contribution in [0.1, 0.15) is 16.2 Å². The maximum Gasteiger partial charge on any atom is 0.248 e.